The van der Waals surface area contributed by atoms with E-state index >= 15 is 0 Å². The number of carbonyl (C=O) groups is 2. The highest BCUT2D eigenvalue weighted by atomic mass is 16.6. The smallest absolute Gasteiger partial charge is 0.338 e. The highest BCUT2D eigenvalue weighted by molar-refractivity contribution is 5.90. The van der Waals surface area contributed by atoms with Gasteiger partial charge in [-0.1, -0.05) is 18.2 Å². The Balaban J connectivity index is 1.45. The minimum atomic E-state index is -0.860. The van der Waals surface area contributed by atoms with Gasteiger partial charge in [0, 0.05) is 18.6 Å². The first-order valence-electron chi connectivity index (χ1n) is 8.91. The van der Waals surface area contributed by atoms with Crippen molar-refractivity contribution in [1.29, 1.82) is 0 Å². The third-order valence-electron chi connectivity index (χ3n) is 4.40. The zero-order chi connectivity index (χ0) is 20.8. The number of hydrogen-bond acceptors (Lipinski definition) is 8. The summed E-state index contributed by atoms with van der Waals surface area (Å²) in [5, 5.41) is 20.7. The maximum absolute atomic E-state index is 12.0. The van der Waals surface area contributed by atoms with Crippen molar-refractivity contribution in [3.05, 3.63) is 75.8 Å². The van der Waals surface area contributed by atoms with Crippen molar-refractivity contribution in [2.24, 2.45) is 0 Å². The lowest BCUT2D eigenvalue weighted by Gasteiger charge is -2.15. The van der Waals surface area contributed by atoms with Crippen LogP contribution in [0.5, 0.6) is 0 Å². The van der Waals surface area contributed by atoms with Crippen LogP contribution in [0.1, 0.15) is 27.1 Å². The Morgan fingerprint density at radius 2 is 1.59 bits per heavy atom. The van der Waals surface area contributed by atoms with Gasteiger partial charge in [-0.15, -0.1) is 0 Å². The molecule has 2 aromatic carbocycles. The fourth-order valence-electron chi connectivity index (χ4n) is 2.86. The van der Waals surface area contributed by atoms with Gasteiger partial charge in [-0.25, -0.2) is 9.59 Å². The Bertz CT molecular complexity index is 868. The molecule has 1 aliphatic rings. The van der Waals surface area contributed by atoms with Crippen LogP contribution in [-0.4, -0.2) is 53.5 Å². The number of carbonyl (C=O) groups excluding carboxylic acids is 2. The highest BCUT2D eigenvalue weighted by Gasteiger charge is 2.35. The van der Waals surface area contributed by atoms with Crippen LogP contribution in [0.15, 0.2) is 54.6 Å². The van der Waals surface area contributed by atoms with Crippen LogP contribution in [0, 0.1) is 10.1 Å². The first-order chi connectivity index (χ1) is 13.9. The number of hydrogen-bond donors (Lipinski definition) is 1. The van der Waals surface area contributed by atoms with Crippen LogP contribution >= 0.6 is 0 Å². The van der Waals surface area contributed by atoms with Crippen molar-refractivity contribution < 1.29 is 33.8 Å². The Morgan fingerprint density at radius 3 is 2.21 bits per heavy atom. The Morgan fingerprint density at radius 1 is 1.00 bits per heavy atom. The number of non-ortho nitro benzene ring substituents is 1. The minimum absolute atomic E-state index is 0.101. The van der Waals surface area contributed by atoms with Gasteiger partial charge >= 0.3 is 11.9 Å². The average Bonchev–Trinajstić information content (AvgIpc) is 3.10. The fraction of sp³-hybridized carbons (Fsp3) is 0.300. The first kappa shape index (κ1) is 20.4. The summed E-state index contributed by atoms with van der Waals surface area (Å²) < 4.78 is 15.9. The van der Waals surface area contributed by atoms with E-state index < -0.39 is 35.2 Å². The zero-order valence-electron chi connectivity index (χ0n) is 15.3. The van der Waals surface area contributed by atoms with Gasteiger partial charge in [0.15, 0.2) is 0 Å². The van der Waals surface area contributed by atoms with E-state index in [4.69, 9.17) is 14.2 Å². The summed E-state index contributed by atoms with van der Waals surface area (Å²) in [6.07, 6.45) is -1.90. The first-order valence-corrected chi connectivity index (χ1v) is 8.91. The number of nitro groups is 1. The van der Waals surface area contributed by atoms with Gasteiger partial charge in [0.25, 0.3) is 5.69 Å². The molecule has 1 fully saturated rings. The zero-order valence-corrected chi connectivity index (χ0v) is 15.3. The number of nitro benzene ring substituents is 1. The summed E-state index contributed by atoms with van der Waals surface area (Å²) in [6, 6.07) is 13.5. The lowest BCUT2D eigenvalue weighted by Crippen LogP contribution is -2.28. The van der Waals surface area contributed by atoms with Gasteiger partial charge in [-0.3, -0.25) is 10.1 Å². The molecule has 1 aliphatic heterocycles. The Labute approximate surface area is 166 Å². The molecule has 0 radical (unpaired) electrons. The molecule has 152 valence electrons. The van der Waals surface area contributed by atoms with Crippen LogP contribution < -0.4 is 0 Å². The van der Waals surface area contributed by atoms with Crippen molar-refractivity contribution in [1.82, 2.24) is 0 Å². The molecule has 3 atom stereocenters. The molecular weight excluding hydrogens is 382 g/mol. The van der Waals surface area contributed by atoms with E-state index in [-0.39, 0.29) is 30.9 Å². The van der Waals surface area contributed by atoms with E-state index in [0.717, 1.165) is 0 Å². The predicted molar refractivity (Wildman–Crippen MR) is 99.4 cm³/mol. The molecule has 3 rings (SSSR count). The SMILES string of the molecule is O=C(OC[C@@H]1C[C@@H](O)[C@@H](COC(=O)c2ccccc2)O1)c1ccc([N+](=O)[O-])cc1. The lowest BCUT2D eigenvalue weighted by molar-refractivity contribution is -0.384. The van der Waals surface area contributed by atoms with Gasteiger partial charge in [-0.2, -0.15) is 0 Å². The van der Waals surface area contributed by atoms with Crippen LogP contribution in [0.25, 0.3) is 0 Å². The molecule has 2 aromatic rings. The molecule has 1 saturated heterocycles. The summed E-state index contributed by atoms with van der Waals surface area (Å²) >= 11 is 0. The maximum Gasteiger partial charge on any atom is 0.338 e. The second kappa shape index (κ2) is 9.26. The molecule has 29 heavy (non-hydrogen) atoms. The number of aliphatic hydroxyl groups excluding tert-OH is 1. The minimum Gasteiger partial charge on any atom is -0.459 e. The van der Waals surface area contributed by atoms with E-state index in [0.29, 0.717) is 5.56 Å². The van der Waals surface area contributed by atoms with E-state index in [1.54, 1.807) is 30.3 Å². The molecule has 0 aliphatic carbocycles. The van der Waals surface area contributed by atoms with Crippen LogP contribution in [0.3, 0.4) is 0 Å². The molecule has 1 N–H and O–H groups in total. The largest absolute Gasteiger partial charge is 0.459 e. The van der Waals surface area contributed by atoms with Gasteiger partial charge < -0.3 is 19.3 Å². The van der Waals surface area contributed by atoms with Crippen LogP contribution in [0.2, 0.25) is 0 Å². The van der Waals surface area contributed by atoms with Crippen molar-refractivity contribution in [3.8, 4) is 0 Å². The Kier molecular flexibility index (Phi) is 6.53. The molecule has 1 heterocycles. The van der Waals surface area contributed by atoms with Gasteiger partial charge in [-0.05, 0) is 24.3 Å². The topological polar surface area (TPSA) is 125 Å². The lowest BCUT2D eigenvalue weighted by atomic mass is 10.1. The predicted octanol–water partition coefficient (Wildman–Crippen LogP) is 2.13. The summed E-state index contributed by atoms with van der Waals surface area (Å²) in [5.41, 5.74) is 0.438. The van der Waals surface area contributed by atoms with E-state index in [1.165, 1.54) is 24.3 Å². The van der Waals surface area contributed by atoms with Crippen LogP contribution in [0.4, 0.5) is 5.69 Å². The summed E-state index contributed by atoms with van der Waals surface area (Å²) in [4.78, 5) is 34.1. The van der Waals surface area contributed by atoms with Crippen LogP contribution in [-0.2, 0) is 14.2 Å². The second-order valence-corrected chi connectivity index (χ2v) is 6.47. The monoisotopic (exact) mass is 401 g/mol. The molecular formula is C20H19NO8. The number of nitrogens with zero attached hydrogens (tertiary/aromatic N) is 1. The molecule has 0 unspecified atom stereocenters. The van der Waals surface area contributed by atoms with Gasteiger partial charge in [0.1, 0.15) is 19.3 Å². The molecule has 0 amide bonds. The quantitative estimate of drug-likeness (QED) is 0.425. The third-order valence-corrected chi connectivity index (χ3v) is 4.40. The van der Waals surface area contributed by atoms with Crippen molar-refractivity contribution in [2.45, 2.75) is 24.7 Å². The molecule has 0 saturated carbocycles. The summed E-state index contributed by atoms with van der Waals surface area (Å²) in [6.45, 7) is -0.224. The standard InChI is InChI=1S/C20H19NO8/c22-17-10-16(11-27-20(24)14-6-8-15(9-7-14)21(25)26)29-18(17)12-28-19(23)13-4-2-1-3-5-13/h1-9,16-18,22H,10-12H2/t16-,17+,18+/m0/s1. The third kappa shape index (κ3) is 5.37. The second-order valence-electron chi connectivity index (χ2n) is 6.47. The number of aliphatic hydroxyl groups is 1. The number of rotatable bonds is 7. The van der Waals surface area contributed by atoms with Gasteiger partial charge in [0.05, 0.1) is 28.3 Å². The normalized spacial score (nSPS) is 20.8. The molecule has 0 aromatic heterocycles. The molecule has 0 bridgehead atoms. The average molecular weight is 401 g/mol. The van der Waals surface area contributed by atoms with E-state index in [9.17, 15) is 24.8 Å². The summed E-state index contributed by atoms with van der Waals surface area (Å²) in [7, 11) is 0. The fourth-order valence-corrected chi connectivity index (χ4v) is 2.86. The van der Waals surface area contributed by atoms with Crippen molar-refractivity contribution in [3.63, 3.8) is 0 Å². The Hall–Kier alpha value is -3.30. The molecule has 9 heteroatoms. The number of esters is 2. The number of ether oxygens (including phenoxy) is 3. The van der Waals surface area contributed by atoms with E-state index in [2.05, 4.69) is 0 Å². The van der Waals surface area contributed by atoms with Crippen molar-refractivity contribution in [2.75, 3.05) is 13.2 Å². The van der Waals surface area contributed by atoms with E-state index in [1.807, 2.05) is 0 Å². The summed E-state index contributed by atoms with van der Waals surface area (Å²) in [5.74, 6) is -1.17. The highest BCUT2D eigenvalue weighted by Crippen LogP contribution is 2.22. The van der Waals surface area contributed by atoms with Gasteiger partial charge in [0.2, 0.25) is 0 Å². The molecule has 9 nitrogen and oxygen atoms in total. The van der Waals surface area contributed by atoms with Crippen molar-refractivity contribution >= 4 is 17.6 Å². The number of benzene rings is 2. The molecule has 0 spiro atoms. The maximum atomic E-state index is 12.0.